The van der Waals surface area contributed by atoms with Gasteiger partial charge in [0.1, 0.15) is 11.7 Å². The molecular weight excluding hydrogens is 242 g/mol. The van der Waals surface area contributed by atoms with Crippen molar-refractivity contribution in [2.45, 2.75) is 38.5 Å². The van der Waals surface area contributed by atoms with E-state index >= 15 is 0 Å². The van der Waals surface area contributed by atoms with Gasteiger partial charge in [-0.15, -0.1) is 6.58 Å². The molecule has 1 N–H and O–H groups in total. The van der Waals surface area contributed by atoms with Gasteiger partial charge in [-0.2, -0.15) is 0 Å². The van der Waals surface area contributed by atoms with Gasteiger partial charge in [0.05, 0.1) is 11.7 Å². The van der Waals surface area contributed by atoms with Gasteiger partial charge in [0.25, 0.3) is 0 Å². The van der Waals surface area contributed by atoms with Gasteiger partial charge in [-0.1, -0.05) is 24.3 Å². The second-order valence-electron chi connectivity index (χ2n) is 5.58. The molecule has 1 aromatic rings. The molecule has 2 rings (SSSR count). The van der Waals surface area contributed by atoms with Crippen LogP contribution in [-0.2, 0) is 4.74 Å². The van der Waals surface area contributed by atoms with Gasteiger partial charge in [-0.05, 0) is 26.8 Å². The van der Waals surface area contributed by atoms with Gasteiger partial charge >= 0.3 is 6.09 Å². The van der Waals surface area contributed by atoms with Gasteiger partial charge in [-0.25, -0.2) is 4.79 Å². The van der Waals surface area contributed by atoms with Crippen LogP contribution in [0.3, 0.4) is 0 Å². The Morgan fingerprint density at radius 3 is 2.63 bits per heavy atom. The van der Waals surface area contributed by atoms with Crippen LogP contribution >= 0.6 is 0 Å². The number of rotatable bonds is 1. The fourth-order valence-corrected chi connectivity index (χ4v) is 2.21. The van der Waals surface area contributed by atoms with E-state index in [9.17, 15) is 9.90 Å². The maximum absolute atomic E-state index is 12.3. The van der Waals surface area contributed by atoms with Crippen LogP contribution in [0.25, 0.3) is 0 Å². The number of hydrogen-bond acceptors (Lipinski definition) is 3. The summed E-state index contributed by atoms with van der Waals surface area (Å²) in [5, 5.41) is 10.2. The van der Waals surface area contributed by atoms with Crippen molar-refractivity contribution >= 4 is 11.8 Å². The van der Waals surface area contributed by atoms with Gasteiger partial charge in [0.15, 0.2) is 0 Å². The summed E-state index contributed by atoms with van der Waals surface area (Å²) in [6, 6.07) is 6.77. The molecule has 1 aromatic carbocycles. The number of nitrogens with zero attached hydrogens (tertiary/aromatic N) is 1. The summed E-state index contributed by atoms with van der Waals surface area (Å²) in [5.74, 6) is 0. The number of para-hydroxylation sites is 1. The molecule has 19 heavy (non-hydrogen) atoms. The number of aliphatic hydroxyl groups is 1. The molecule has 1 amide bonds. The molecular formula is C15H19NO3. The fourth-order valence-electron chi connectivity index (χ4n) is 2.21. The molecule has 0 fully saturated rings. The Morgan fingerprint density at radius 2 is 2.05 bits per heavy atom. The van der Waals surface area contributed by atoms with Crippen LogP contribution in [0, 0.1) is 0 Å². The molecule has 0 aromatic heterocycles. The first-order valence-electron chi connectivity index (χ1n) is 6.27. The number of benzene rings is 1. The summed E-state index contributed by atoms with van der Waals surface area (Å²) in [6.45, 7) is 9.13. The minimum Gasteiger partial charge on any atom is -0.443 e. The number of hydrogen-bond donors (Lipinski definition) is 1. The van der Waals surface area contributed by atoms with Crippen molar-refractivity contribution in [3.8, 4) is 0 Å². The van der Waals surface area contributed by atoms with Gasteiger partial charge in [-0.3, -0.25) is 4.90 Å². The van der Waals surface area contributed by atoms with Crippen LogP contribution in [-0.4, -0.2) is 22.8 Å². The summed E-state index contributed by atoms with van der Waals surface area (Å²) in [6.07, 6.45) is 0.330. The lowest BCUT2D eigenvalue weighted by molar-refractivity contribution is 0.0549. The summed E-state index contributed by atoms with van der Waals surface area (Å²) >= 11 is 0. The molecule has 1 aliphatic heterocycles. The predicted molar refractivity (Wildman–Crippen MR) is 74.1 cm³/mol. The van der Waals surface area contributed by atoms with Crippen molar-refractivity contribution in [3.63, 3.8) is 0 Å². The molecule has 0 saturated heterocycles. The summed E-state index contributed by atoms with van der Waals surface area (Å²) in [5.41, 5.74) is 0.818. The van der Waals surface area contributed by atoms with Crippen LogP contribution in [0.2, 0.25) is 0 Å². The molecule has 0 radical (unpaired) electrons. The molecule has 0 unspecified atom stereocenters. The van der Waals surface area contributed by atoms with Crippen molar-refractivity contribution in [3.05, 3.63) is 42.5 Å². The summed E-state index contributed by atoms with van der Waals surface area (Å²) in [7, 11) is 0. The van der Waals surface area contributed by atoms with E-state index in [1.165, 1.54) is 4.90 Å². The number of anilines is 1. The van der Waals surface area contributed by atoms with Crippen molar-refractivity contribution in [2.75, 3.05) is 4.90 Å². The Kier molecular flexibility index (Phi) is 3.37. The molecule has 1 aliphatic rings. The Bertz CT molecular complexity index is 504. The fraction of sp³-hybridized carbons (Fsp3) is 0.400. The maximum Gasteiger partial charge on any atom is 0.415 e. The lowest BCUT2D eigenvalue weighted by atomic mass is 10.1. The maximum atomic E-state index is 12.3. The van der Waals surface area contributed by atoms with E-state index < -0.39 is 23.8 Å². The largest absolute Gasteiger partial charge is 0.443 e. The van der Waals surface area contributed by atoms with Crippen LogP contribution < -0.4 is 4.90 Å². The molecule has 4 nitrogen and oxygen atoms in total. The molecule has 2 atom stereocenters. The number of carbonyl (C=O) groups excluding carboxylic acids is 1. The first-order chi connectivity index (χ1) is 8.85. The number of aliphatic hydroxyl groups excluding tert-OH is 1. The van der Waals surface area contributed by atoms with Crippen LogP contribution in [0.15, 0.2) is 36.9 Å². The SMILES string of the molecule is C=C[C@H]1[C@H](O)c2ccccc2N1C(=O)OC(C)(C)C. The smallest absolute Gasteiger partial charge is 0.415 e. The summed E-state index contributed by atoms with van der Waals surface area (Å²) in [4.78, 5) is 13.7. The third-order valence-electron chi connectivity index (χ3n) is 2.97. The highest BCUT2D eigenvalue weighted by atomic mass is 16.6. The van der Waals surface area contributed by atoms with Crippen LogP contribution in [0.1, 0.15) is 32.4 Å². The van der Waals surface area contributed by atoms with E-state index in [0.29, 0.717) is 5.69 Å². The molecule has 1 heterocycles. The minimum absolute atomic E-state index is 0.471. The van der Waals surface area contributed by atoms with E-state index in [-0.39, 0.29) is 0 Å². The lowest BCUT2D eigenvalue weighted by Gasteiger charge is -2.28. The Balaban J connectivity index is 2.38. The van der Waals surface area contributed by atoms with E-state index in [1.807, 2.05) is 32.9 Å². The molecule has 0 aliphatic carbocycles. The zero-order valence-electron chi connectivity index (χ0n) is 11.5. The zero-order chi connectivity index (χ0) is 14.2. The highest BCUT2D eigenvalue weighted by Crippen LogP contribution is 2.40. The quantitative estimate of drug-likeness (QED) is 0.790. The number of amides is 1. The second-order valence-corrected chi connectivity index (χ2v) is 5.58. The lowest BCUT2D eigenvalue weighted by Crippen LogP contribution is -2.41. The van der Waals surface area contributed by atoms with Crippen molar-refractivity contribution in [1.29, 1.82) is 0 Å². The van der Waals surface area contributed by atoms with E-state index in [0.717, 1.165) is 5.56 Å². The average molecular weight is 261 g/mol. The van der Waals surface area contributed by atoms with Crippen LogP contribution in [0.5, 0.6) is 0 Å². The highest BCUT2D eigenvalue weighted by Gasteiger charge is 2.40. The van der Waals surface area contributed by atoms with Gasteiger partial charge in [0, 0.05) is 5.56 Å². The molecule has 0 bridgehead atoms. The Labute approximate surface area is 113 Å². The highest BCUT2D eigenvalue weighted by molar-refractivity contribution is 5.92. The van der Waals surface area contributed by atoms with E-state index in [1.54, 1.807) is 18.2 Å². The van der Waals surface area contributed by atoms with Gasteiger partial charge < -0.3 is 9.84 Å². The molecule has 0 saturated carbocycles. The van der Waals surface area contributed by atoms with E-state index in [2.05, 4.69) is 6.58 Å². The van der Waals surface area contributed by atoms with Crippen molar-refractivity contribution in [1.82, 2.24) is 0 Å². The van der Waals surface area contributed by atoms with E-state index in [4.69, 9.17) is 4.74 Å². The minimum atomic E-state index is -0.763. The number of carbonyl (C=O) groups is 1. The zero-order valence-corrected chi connectivity index (χ0v) is 11.5. The second kappa shape index (κ2) is 4.70. The first-order valence-corrected chi connectivity index (χ1v) is 6.27. The first kappa shape index (κ1) is 13.6. The molecule has 4 heteroatoms. The van der Waals surface area contributed by atoms with Crippen LogP contribution in [0.4, 0.5) is 10.5 Å². The normalized spacial score (nSPS) is 22.0. The monoisotopic (exact) mass is 261 g/mol. The predicted octanol–water partition coefficient (Wildman–Crippen LogP) is 3.03. The number of ether oxygens (including phenoxy) is 1. The van der Waals surface area contributed by atoms with Crippen molar-refractivity contribution < 1.29 is 14.6 Å². The molecule has 0 spiro atoms. The van der Waals surface area contributed by atoms with Crippen molar-refractivity contribution in [2.24, 2.45) is 0 Å². The number of fused-ring (bicyclic) bond motifs is 1. The third kappa shape index (κ3) is 2.49. The topological polar surface area (TPSA) is 49.8 Å². The average Bonchev–Trinajstić information content (AvgIpc) is 2.60. The Morgan fingerprint density at radius 1 is 1.42 bits per heavy atom. The van der Waals surface area contributed by atoms with Gasteiger partial charge in [0.2, 0.25) is 0 Å². The Hall–Kier alpha value is -1.81. The standard InChI is InChI=1S/C15H19NO3/c1-5-11-13(17)10-8-6-7-9-12(10)16(11)14(18)19-15(2,3)4/h5-9,11,13,17H,1H2,2-4H3/t11-,13+/m0/s1. The molecule has 102 valence electrons. The third-order valence-corrected chi connectivity index (χ3v) is 2.97. The summed E-state index contributed by atoms with van der Waals surface area (Å²) < 4.78 is 5.39.